The lowest BCUT2D eigenvalue weighted by molar-refractivity contribution is 0.0643. The normalized spacial score (nSPS) is 19.8. The van der Waals surface area contributed by atoms with E-state index in [1.165, 1.54) is 4.88 Å². The lowest BCUT2D eigenvalue weighted by Crippen LogP contribution is -2.53. The van der Waals surface area contributed by atoms with Gasteiger partial charge in [-0.1, -0.05) is 20.8 Å². The summed E-state index contributed by atoms with van der Waals surface area (Å²) in [4.78, 5) is 8.44. The SMILES string of the molecule is CC(C)(C)c1nc(N2CCOCC2(C)C)sc1CN. The van der Waals surface area contributed by atoms with Gasteiger partial charge in [-0.2, -0.15) is 0 Å². The fraction of sp³-hybridized carbons (Fsp3) is 0.786. The molecule has 0 unspecified atom stereocenters. The van der Waals surface area contributed by atoms with Gasteiger partial charge >= 0.3 is 0 Å². The number of ether oxygens (including phenoxy) is 1. The number of thiazole rings is 1. The van der Waals surface area contributed by atoms with Gasteiger partial charge in [-0.15, -0.1) is 11.3 Å². The van der Waals surface area contributed by atoms with Crippen LogP contribution in [-0.2, 0) is 16.7 Å². The number of aromatic nitrogens is 1. The van der Waals surface area contributed by atoms with E-state index in [4.69, 9.17) is 15.5 Å². The van der Waals surface area contributed by atoms with Crippen molar-refractivity contribution in [2.45, 2.75) is 52.1 Å². The summed E-state index contributed by atoms with van der Waals surface area (Å²) in [6, 6.07) is 0. The van der Waals surface area contributed by atoms with Crippen molar-refractivity contribution in [1.82, 2.24) is 4.98 Å². The van der Waals surface area contributed by atoms with Crippen LogP contribution in [0.15, 0.2) is 0 Å². The average molecular weight is 283 g/mol. The van der Waals surface area contributed by atoms with Crippen LogP contribution in [0.25, 0.3) is 0 Å². The molecule has 0 aliphatic carbocycles. The van der Waals surface area contributed by atoms with Crippen molar-refractivity contribution in [2.24, 2.45) is 5.73 Å². The van der Waals surface area contributed by atoms with E-state index in [-0.39, 0.29) is 11.0 Å². The topological polar surface area (TPSA) is 51.4 Å². The Hall–Kier alpha value is -0.650. The molecule has 0 radical (unpaired) electrons. The van der Waals surface area contributed by atoms with Crippen molar-refractivity contribution >= 4 is 16.5 Å². The predicted molar refractivity (Wildman–Crippen MR) is 80.9 cm³/mol. The van der Waals surface area contributed by atoms with Gasteiger partial charge in [0.05, 0.1) is 24.4 Å². The van der Waals surface area contributed by atoms with Gasteiger partial charge in [0.2, 0.25) is 0 Å². The van der Waals surface area contributed by atoms with Gasteiger partial charge in [0.15, 0.2) is 5.13 Å². The van der Waals surface area contributed by atoms with Gasteiger partial charge in [-0.25, -0.2) is 4.98 Å². The van der Waals surface area contributed by atoms with Crippen LogP contribution < -0.4 is 10.6 Å². The number of nitrogens with two attached hydrogens (primary N) is 1. The Morgan fingerprint density at radius 3 is 2.58 bits per heavy atom. The van der Waals surface area contributed by atoms with Crippen LogP contribution in [-0.4, -0.2) is 30.3 Å². The summed E-state index contributed by atoms with van der Waals surface area (Å²) < 4.78 is 5.58. The molecular weight excluding hydrogens is 258 g/mol. The number of hydrogen-bond acceptors (Lipinski definition) is 5. The van der Waals surface area contributed by atoms with Gasteiger partial charge in [-0.3, -0.25) is 0 Å². The molecule has 1 saturated heterocycles. The van der Waals surface area contributed by atoms with Gasteiger partial charge in [0.1, 0.15) is 0 Å². The molecule has 2 N–H and O–H groups in total. The standard InChI is InChI=1S/C14H25N3OS/c1-13(2,3)11-10(8-15)19-12(16-11)17-6-7-18-9-14(17,4)5/h6-9,15H2,1-5H3. The van der Waals surface area contributed by atoms with Crippen LogP contribution in [0.1, 0.15) is 45.2 Å². The molecule has 1 aromatic rings. The Labute approximate surface area is 120 Å². The molecule has 4 nitrogen and oxygen atoms in total. The fourth-order valence-electron chi connectivity index (χ4n) is 2.39. The Kier molecular flexibility index (Phi) is 3.91. The zero-order chi connectivity index (χ0) is 14.3. The summed E-state index contributed by atoms with van der Waals surface area (Å²) in [5.74, 6) is 0. The molecule has 0 atom stereocenters. The average Bonchev–Trinajstić information content (AvgIpc) is 2.71. The molecule has 2 rings (SSSR count). The summed E-state index contributed by atoms with van der Waals surface area (Å²) in [5, 5.41) is 1.08. The van der Waals surface area contributed by atoms with Crippen molar-refractivity contribution in [3.05, 3.63) is 10.6 Å². The van der Waals surface area contributed by atoms with Crippen molar-refractivity contribution in [3.63, 3.8) is 0 Å². The molecule has 0 aromatic carbocycles. The number of hydrogen-bond donors (Lipinski definition) is 1. The molecule has 0 spiro atoms. The fourth-order valence-corrected chi connectivity index (χ4v) is 3.73. The van der Waals surface area contributed by atoms with E-state index in [2.05, 4.69) is 39.5 Å². The molecule has 108 valence electrons. The van der Waals surface area contributed by atoms with E-state index < -0.39 is 0 Å². The van der Waals surface area contributed by atoms with Crippen molar-refractivity contribution in [3.8, 4) is 0 Å². The maximum atomic E-state index is 5.89. The van der Waals surface area contributed by atoms with Crippen molar-refractivity contribution in [2.75, 3.05) is 24.7 Å². The third kappa shape index (κ3) is 2.93. The van der Waals surface area contributed by atoms with Crippen LogP contribution in [0, 0.1) is 0 Å². The summed E-state index contributed by atoms with van der Waals surface area (Å²) in [5.41, 5.74) is 7.06. The quantitative estimate of drug-likeness (QED) is 0.906. The number of rotatable bonds is 2. The number of morpholine rings is 1. The second-order valence-corrected chi connectivity index (χ2v) is 7.80. The summed E-state index contributed by atoms with van der Waals surface area (Å²) in [7, 11) is 0. The highest BCUT2D eigenvalue weighted by molar-refractivity contribution is 7.15. The highest BCUT2D eigenvalue weighted by atomic mass is 32.1. The third-order valence-electron chi connectivity index (χ3n) is 3.46. The lowest BCUT2D eigenvalue weighted by Gasteiger charge is -2.42. The van der Waals surface area contributed by atoms with Crippen LogP contribution in [0.5, 0.6) is 0 Å². The predicted octanol–water partition coefficient (Wildman–Crippen LogP) is 2.51. The molecule has 2 heterocycles. The summed E-state index contributed by atoms with van der Waals surface area (Å²) in [6.07, 6.45) is 0. The minimum absolute atomic E-state index is 0.00285. The minimum Gasteiger partial charge on any atom is -0.377 e. The van der Waals surface area contributed by atoms with E-state index >= 15 is 0 Å². The van der Waals surface area contributed by atoms with Crippen LogP contribution in [0.4, 0.5) is 5.13 Å². The van der Waals surface area contributed by atoms with Crippen LogP contribution in [0.2, 0.25) is 0 Å². The second-order valence-electron chi connectivity index (χ2n) is 6.74. The first kappa shape index (κ1) is 14.8. The molecule has 1 aliphatic heterocycles. The molecule has 5 heteroatoms. The number of nitrogens with zero attached hydrogens (tertiary/aromatic N) is 2. The van der Waals surface area contributed by atoms with Crippen molar-refractivity contribution in [1.29, 1.82) is 0 Å². The zero-order valence-electron chi connectivity index (χ0n) is 12.6. The highest BCUT2D eigenvalue weighted by Gasteiger charge is 2.34. The van der Waals surface area contributed by atoms with Crippen molar-refractivity contribution < 1.29 is 4.74 Å². The summed E-state index contributed by atoms with van der Waals surface area (Å²) in [6.45, 7) is 13.9. The molecule has 1 aliphatic rings. The van der Waals surface area contributed by atoms with Gasteiger partial charge in [-0.05, 0) is 13.8 Å². The monoisotopic (exact) mass is 283 g/mol. The molecule has 0 saturated carbocycles. The molecular formula is C14H25N3OS. The smallest absolute Gasteiger partial charge is 0.186 e. The maximum Gasteiger partial charge on any atom is 0.186 e. The first-order chi connectivity index (χ1) is 8.75. The van der Waals surface area contributed by atoms with Gasteiger partial charge in [0, 0.05) is 23.4 Å². The van der Waals surface area contributed by atoms with E-state index in [0.29, 0.717) is 6.54 Å². The Morgan fingerprint density at radius 1 is 1.42 bits per heavy atom. The molecule has 1 aromatic heterocycles. The molecule has 0 amide bonds. The van der Waals surface area contributed by atoms with E-state index in [9.17, 15) is 0 Å². The van der Waals surface area contributed by atoms with Gasteiger partial charge < -0.3 is 15.4 Å². The Balaban J connectivity index is 2.38. The Morgan fingerprint density at radius 2 is 2.11 bits per heavy atom. The third-order valence-corrected chi connectivity index (χ3v) is 4.56. The molecule has 0 bridgehead atoms. The minimum atomic E-state index is -0.00285. The van der Waals surface area contributed by atoms with Gasteiger partial charge in [0.25, 0.3) is 0 Å². The number of anilines is 1. The largest absolute Gasteiger partial charge is 0.377 e. The first-order valence-electron chi connectivity index (χ1n) is 6.81. The summed E-state index contributed by atoms with van der Waals surface area (Å²) >= 11 is 1.73. The van der Waals surface area contributed by atoms with E-state index in [1.54, 1.807) is 11.3 Å². The lowest BCUT2D eigenvalue weighted by atomic mass is 9.91. The maximum absolute atomic E-state index is 5.89. The van der Waals surface area contributed by atoms with E-state index in [1.807, 2.05) is 0 Å². The molecule has 19 heavy (non-hydrogen) atoms. The van der Waals surface area contributed by atoms with E-state index in [0.717, 1.165) is 30.6 Å². The first-order valence-corrected chi connectivity index (χ1v) is 7.63. The Bertz CT molecular complexity index is 448. The molecule has 1 fully saturated rings. The second kappa shape index (κ2) is 5.04. The highest BCUT2D eigenvalue weighted by Crippen LogP contribution is 2.36. The van der Waals surface area contributed by atoms with Crippen LogP contribution >= 0.6 is 11.3 Å². The van der Waals surface area contributed by atoms with Crippen LogP contribution in [0.3, 0.4) is 0 Å². The zero-order valence-corrected chi connectivity index (χ0v) is 13.4.